The van der Waals surface area contributed by atoms with Gasteiger partial charge in [0.25, 0.3) is 0 Å². The first-order valence-corrected chi connectivity index (χ1v) is 9.56. The van der Waals surface area contributed by atoms with Gasteiger partial charge < -0.3 is 9.84 Å². The van der Waals surface area contributed by atoms with Crippen molar-refractivity contribution in [3.63, 3.8) is 0 Å². The van der Waals surface area contributed by atoms with Gasteiger partial charge >= 0.3 is 0 Å². The molecule has 5 rings (SSSR count). The second-order valence-corrected chi connectivity index (χ2v) is 7.95. The van der Waals surface area contributed by atoms with Crippen LogP contribution in [0.3, 0.4) is 0 Å². The second kappa shape index (κ2) is 5.87. The van der Waals surface area contributed by atoms with E-state index >= 15 is 0 Å². The Morgan fingerprint density at radius 3 is 2.32 bits per heavy atom. The molecule has 0 spiro atoms. The van der Waals surface area contributed by atoms with E-state index in [9.17, 15) is 5.11 Å². The zero-order valence-corrected chi connectivity index (χ0v) is 16.3. The smallest absolute Gasteiger partial charge is 0.127 e. The van der Waals surface area contributed by atoms with E-state index in [4.69, 9.17) is 4.74 Å². The summed E-state index contributed by atoms with van der Waals surface area (Å²) >= 11 is 0. The van der Waals surface area contributed by atoms with Gasteiger partial charge in [-0.05, 0) is 51.6 Å². The van der Waals surface area contributed by atoms with Gasteiger partial charge in [0.15, 0.2) is 0 Å². The molecule has 1 aliphatic rings. The van der Waals surface area contributed by atoms with Gasteiger partial charge in [0.2, 0.25) is 0 Å². The molecule has 2 nitrogen and oxygen atoms in total. The Bertz CT molecular complexity index is 1220. The van der Waals surface area contributed by atoms with Crippen LogP contribution in [0.4, 0.5) is 0 Å². The molecule has 28 heavy (non-hydrogen) atoms. The first-order valence-electron chi connectivity index (χ1n) is 9.56. The lowest BCUT2D eigenvalue weighted by atomic mass is 9.81. The minimum absolute atomic E-state index is 0.206. The molecule has 0 fully saturated rings. The minimum atomic E-state index is -0.206. The number of fused-ring (bicyclic) bond motifs is 5. The third kappa shape index (κ3) is 2.21. The first-order chi connectivity index (χ1) is 13.5. The van der Waals surface area contributed by atoms with Gasteiger partial charge in [-0.2, -0.15) is 0 Å². The molecular formula is C26H22O2. The van der Waals surface area contributed by atoms with Crippen molar-refractivity contribution in [2.45, 2.75) is 19.3 Å². The van der Waals surface area contributed by atoms with Crippen molar-refractivity contribution in [3.05, 3.63) is 83.9 Å². The van der Waals surface area contributed by atoms with Crippen molar-refractivity contribution in [3.8, 4) is 33.8 Å². The number of methoxy groups -OCH3 is 1. The highest BCUT2D eigenvalue weighted by atomic mass is 16.5. The molecule has 138 valence electrons. The first kappa shape index (κ1) is 16.9. The third-order valence-electron chi connectivity index (χ3n) is 6.07. The van der Waals surface area contributed by atoms with Crippen LogP contribution in [0.25, 0.3) is 33.0 Å². The van der Waals surface area contributed by atoms with Crippen molar-refractivity contribution in [1.29, 1.82) is 0 Å². The number of rotatable bonds is 2. The van der Waals surface area contributed by atoms with Gasteiger partial charge in [-0.25, -0.2) is 0 Å². The zero-order valence-electron chi connectivity index (χ0n) is 16.3. The van der Waals surface area contributed by atoms with Gasteiger partial charge in [-0.15, -0.1) is 0 Å². The van der Waals surface area contributed by atoms with E-state index < -0.39 is 0 Å². The fourth-order valence-electron chi connectivity index (χ4n) is 4.60. The van der Waals surface area contributed by atoms with Crippen LogP contribution in [-0.2, 0) is 5.41 Å². The molecule has 0 aromatic heterocycles. The molecule has 1 N–H and O–H groups in total. The van der Waals surface area contributed by atoms with Crippen LogP contribution in [-0.4, -0.2) is 12.2 Å². The van der Waals surface area contributed by atoms with Crippen LogP contribution in [0.2, 0.25) is 0 Å². The number of phenols is 1. The maximum Gasteiger partial charge on any atom is 0.127 e. The Morgan fingerprint density at radius 2 is 1.57 bits per heavy atom. The van der Waals surface area contributed by atoms with Crippen LogP contribution in [0.15, 0.2) is 72.8 Å². The number of benzene rings is 4. The molecule has 1 aliphatic carbocycles. The monoisotopic (exact) mass is 366 g/mol. The molecule has 4 aromatic carbocycles. The Balaban J connectivity index is 1.85. The molecule has 0 unspecified atom stereocenters. The van der Waals surface area contributed by atoms with Crippen molar-refractivity contribution in [1.82, 2.24) is 0 Å². The predicted molar refractivity (Wildman–Crippen MR) is 115 cm³/mol. The molecule has 2 heteroatoms. The van der Waals surface area contributed by atoms with E-state index in [2.05, 4.69) is 56.3 Å². The lowest BCUT2D eigenvalue weighted by Crippen LogP contribution is -2.15. The summed E-state index contributed by atoms with van der Waals surface area (Å²) in [5, 5.41) is 12.6. The summed E-state index contributed by atoms with van der Waals surface area (Å²) < 4.78 is 5.67. The number of hydrogen-bond acceptors (Lipinski definition) is 2. The SMILES string of the molecule is COc1cccc2c(O)cc3c(c12)-c1ccc(-c2ccccc2)cc1C3(C)C. The lowest BCUT2D eigenvalue weighted by Gasteiger charge is -2.22. The fourth-order valence-corrected chi connectivity index (χ4v) is 4.60. The van der Waals surface area contributed by atoms with Gasteiger partial charge in [0.1, 0.15) is 11.5 Å². The summed E-state index contributed by atoms with van der Waals surface area (Å²) in [6.45, 7) is 4.46. The van der Waals surface area contributed by atoms with E-state index in [0.29, 0.717) is 5.75 Å². The van der Waals surface area contributed by atoms with Gasteiger partial charge in [-0.1, -0.05) is 68.4 Å². The summed E-state index contributed by atoms with van der Waals surface area (Å²) in [6, 6.07) is 24.9. The quantitative estimate of drug-likeness (QED) is 0.437. The molecular weight excluding hydrogens is 344 g/mol. The second-order valence-electron chi connectivity index (χ2n) is 7.95. The Hall–Kier alpha value is -3.26. The Morgan fingerprint density at radius 1 is 0.786 bits per heavy atom. The van der Waals surface area contributed by atoms with Crippen molar-refractivity contribution >= 4 is 10.8 Å². The average molecular weight is 366 g/mol. The summed E-state index contributed by atoms with van der Waals surface area (Å²) in [5.41, 5.74) is 7.02. The lowest BCUT2D eigenvalue weighted by molar-refractivity contribution is 0.419. The number of aromatic hydroxyl groups is 1. The van der Waals surface area contributed by atoms with E-state index in [1.54, 1.807) is 7.11 Å². The van der Waals surface area contributed by atoms with Crippen LogP contribution in [0.1, 0.15) is 25.0 Å². The van der Waals surface area contributed by atoms with E-state index in [-0.39, 0.29) is 5.41 Å². The molecule has 0 aliphatic heterocycles. The van der Waals surface area contributed by atoms with Crippen LogP contribution >= 0.6 is 0 Å². The van der Waals surface area contributed by atoms with Crippen LogP contribution < -0.4 is 4.74 Å². The standard InChI is InChI=1S/C26H22O2/c1-26(2)20-14-17(16-8-5-4-6-9-16)12-13-18(20)24-21(26)15-22(27)19-10-7-11-23(28-3)25(19)24/h4-15,27H,1-3H3. The van der Waals surface area contributed by atoms with Gasteiger partial charge in [0, 0.05) is 16.2 Å². The Labute approximate surface area is 165 Å². The third-order valence-corrected chi connectivity index (χ3v) is 6.07. The number of phenolic OH excluding ortho intramolecular Hbond substituents is 1. The predicted octanol–water partition coefficient (Wildman–Crippen LogP) is 6.53. The maximum atomic E-state index is 10.7. The zero-order chi connectivity index (χ0) is 19.5. The maximum absolute atomic E-state index is 10.7. The highest BCUT2D eigenvalue weighted by Crippen LogP contribution is 2.55. The molecule has 0 bridgehead atoms. The van der Waals surface area contributed by atoms with Crippen molar-refractivity contribution in [2.24, 2.45) is 0 Å². The molecule has 0 radical (unpaired) electrons. The van der Waals surface area contributed by atoms with Crippen LogP contribution in [0, 0.1) is 0 Å². The van der Waals surface area contributed by atoms with Crippen molar-refractivity contribution < 1.29 is 9.84 Å². The summed E-state index contributed by atoms with van der Waals surface area (Å²) in [6.07, 6.45) is 0. The van der Waals surface area contributed by atoms with Crippen molar-refractivity contribution in [2.75, 3.05) is 7.11 Å². The molecule has 0 saturated heterocycles. The van der Waals surface area contributed by atoms with E-state index in [1.165, 1.54) is 27.8 Å². The number of hydrogen-bond donors (Lipinski definition) is 1. The molecule has 0 amide bonds. The van der Waals surface area contributed by atoms with E-state index in [1.807, 2.05) is 30.3 Å². The molecule has 0 saturated carbocycles. The van der Waals surface area contributed by atoms with Crippen LogP contribution in [0.5, 0.6) is 11.5 Å². The topological polar surface area (TPSA) is 29.5 Å². The van der Waals surface area contributed by atoms with Gasteiger partial charge in [0.05, 0.1) is 7.11 Å². The number of ether oxygens (including phenoxy) is 1. The fraction of sp³-hybridized carbons (Fsp3) is 0.154. The van der Waals surface area contributed by atoms with Gasteiger partial charge in [-0.3, -0.25) is 0 Å². The minimum Gasteiger partial charge on any atom is -0.507 e. The highest BCUT2D eigenvalue weighted by molar-refractivity contribution is 6.08. The summed E-state index contributed by atoms with van der Waals surface area (Å²) in [4.78, 5) is 0. The average Bonchev–Trinajstić information content (AvgIpc) is 2.95. The molecule has 0 heterocycles. The highest BCUT2D eigenvalue weighted by Gasteiger charge is 2.38. The normalized spacial score (nSPS) is 14.0. The summed E-state index contributed by atoms with van der Waals surface area (Å²) in [5.74, 6) is 1.09. The molecule has 0 atom stereocenters. The Kier molecular flexibility index (Phi) is 3.54. The largest absolute Gasteiger partial charge is 0.507 e. The van der Waals surface area contributed by atoms with E-state index in [0.717, 1.165) is 22.1 Å². The summed E-state index contributed by atoms with van der Waals surface area (Å²) in [7, 11) is 1.69. The molecule has 4 aromatic rings.